The molecule has 1 aromatic carbocycles. The van der Waals surface area contributed by atoms with Crippen LogP contribution < -0.4 is 0 Å². The molecule has 2 heterocycles. The molecule has 3 rings (SSSR count). The monoisotopic (exact) mass is 381 g/mol. The van der Waals surface area contributed by atoms with Gasteiger partial charge in [0, 0.05) is 51.9 Å². The van der Waals surface area contributed by atoms with Gasteiger partial charge in [0.25, 0.3) is 5.91 Å². The number of carbonyl (C=O) groups excluding carboxylic acids is 1. The maximum Gasteiger partial charge on any atom is 0.253 e. The van der Waals surface area contributed by atoms with Crippen molar-refractivity contribution < 1.29 is 17.9 Å². The van der Waals surface area contributed by atoms with E-state index in [4.69, 9.17) is 4.74 Å². The molecular weight excluding hydrogens is 354 g/mol. The van der Waals surface area contributed by atoms with Crippen molar-refractivity contribution in [3.63, 3.8) is 0 Å². The highest BCUT2D eigenvalue weighted by Gasteiger charge is 2.31. The predicted molar refractivity (Wildman–Crippen MR) is 98.6 cm³/mol. The van der Waals surface area contributed by atoms with Gasteiger partial charge in [0.05, 0.1) is 11.0 Å². The van der Waals surface area contributed by atoms with Gasteiger partial charge in [0.2, 0.25) is 10.0 Å². The number of piperazine rings is 1. The molecule has 2 aliphatic rings. The minimum Gasteiger partial charge on any atom is -0.380 e. The molecule has 0 radical (unpaired) electrons. The Bertz CT molecular complexity index is 745. The van der Waals surface area contributed by atoms with Gasteiger partial charge in [0.1, 0.15) is 0 Å². The fourth-order valence-electron chi connectivity index (χ4n) is 3.45. The second-order valence-electron chi connectivity index (χ2n) is 6.99. The van der Waals surface area contributed by atoms with Crippen LogP contribution in [0, 0.1) is 0 Å². The average molecular weight is 381 g/mol. The molecule has 0 aromatic heterocycles. The quantitative estimate of drug-likeness (QED) is 0.774. The van der Waals surface area contributed by atoms with Crippen molar-refractivity contribution in [2.24, 2.45) is 0 Å². The number of ether oxygens (including phenoxy) is 1. The van der Waals surface area contributed by atoms with Gasteiger partial charge in [0.15, 0.2) is 0 Å². The summed E-state index contributed by atoms with van der Waals surface area (Å²) in [5.74, 6) is -0.108. The standard InChI is InChI=1S/C18H27N3O4S/c1-19-9-11-20(12-10-19)18(22)15-5-3-7-17(13-15)26(23,24)21-8-4-6-16(14-21)25-2/h3,5,7,13,16H,4,6,8-12,14H2,1-2H3. The summed E-state index contributed by atoms with van der Waals surface area (Å²) in [6, 6.07) is 6.40. The summed E-state index contributed by atoms with van der Waals surface area (Å²) in [7, 11) is 0.00975. The first-order valence-electron chi connectivity index (χ1n) is 9.02. The summed E-state index contributed by atoms with van der Waals surface area (Å²) < 4.78 is 32.8. The molecule has 2 fully saturated rings. The first kappa shape index (κ1) is 19.3. The Hall–Kier alpha value is -1.48. The van der Waals surface area contributed by atoms with Crippen molar-refractivity contribution in [2.75, 3.05) is 53.4 Å². The van der Waals surface area contributed by atoms with Gasteiger partial charge in [-0.25, -0.2) is 8.42 Å². The van der Waals surface area contributed by atoms with Gasteiger partial charge >= 0.3 is 0 Å². The van der Waals surface area contributed by atoms with E-state index in [1.165, 1.54) is 10.4 Å². The second-order valence-corrected chi connectivity index (χ2v) is 8.92. The van der Waals surface area contributed by atoms with Gasteiger partial charge in [-0.15, -0.1) is 0 Å². The van der Waals surface area contributed by atoms with Crippen LogP contribution in [0.4, 0.5) is 0 Å². The first-order valence-corrected chi connectivity index (χ1v) is 10.5. The number of sulfonamides is 1. The molecule has 0 saturated carbocycles. The highest BCUT2D eigenvalue weighted by atomic mass is 32.2. The summed E-state index contributed by atoms with van der Waals surface area (Å²) in [5.41, 5.74) is 0.427. The molecule has 144 valence electrons. The number of hydrogen-bond acceptors (Lipinski definition) is 5. The summed E-state index contributed by atoms with van der Waals surface area (Å²) >= 11 is 0. The largest absolute Gasteiger partial charge is 0.380 e. The van der Waals surface area contributed by atoms with Gasteiger partial charge in [-0.3, -0.25) is 4.79 Å². The van der Waals surface area contributed by atoms with Gasteiger partial charge < -0.3 is 14.5 Å². The van der Waals surface area contributed by atoms with Crippen molar-refractivity contribution >= 4 is 15.9 Å². The van der Waals surface area contributed by atoms with Crippen molar-refractivity contribution in [2.45, 2.75) is 23.8 Å². The number of piperidine rings is 1. The smallest absolute Gasteiger partial charge is 0.253 e. The lowest BCUT2D eigenvalue weighted by atomic mass is 10.1. The third-order valence-corrected chi connectivity index (χ3v) is 7.04. The van der Waals surface area contributed by atoms with E-state index in [9.17, 15) is 13.2 Å². The molecule has 26 heavy (non-hydrogen) atoms. The Labute approximate surface area is 155 Å². The summed E-state index contributed by atoms with van der Waals surface area (Å²) in [5, 5.41) is 0. The maximum atomic E-state index is 13.0. The van der Waals surface area contributed by atoms with Crippen LogP contribution in [0.3, 0.4) is 0 Å². The zero-order valence-corrected chi connectivity index (χ0v) is 16.2. The van der Waals surface area contributed by atoms with Crippen LogP contribution in [0.5, 0.6) is 0 Å². The lowest BCUT2D eigenvalue weighted by Crippen LogP contribution is -2.47. The Kier molecular flexibility index (Phi) is 5.96. The third-order valence-electron chi connectivity index (χ3n) is 5.18. The van der Waals surface area contributed by atoms with Crippen molar-refractivity contribution in [3.8, 4) is 0 Å². The van der Waals surface area contributed by atoms with Crippen LogP contribution in [0.25, 0.3) is 0 Å². The van der Waals surface area contributed by atoms with E-state index >= 15 is 0 Å². The fourth-order valence-corrected chi connectivity index (χ4v) is 5.00. The van der Waals surface area contributed by atoms with Crippen LogP contribution in [-0.2, 0) is 14.8 Å². The number of amides is 1. The average Bonchev–Trinajstić information content (AvgIpc) is 2.68. The number of carbonyl (C=O) groups is 1. The normalized spacial score (nSPS) is 23.2. The molecule has 1 unspecified atom stereocenters. The number of nitrogens with zero attached hydrogens (tertiary/aromatic N) is 3. The zero-order valence-electron chi connectivity index (χ0n) is 15.4. The van der Waals surface area contributed by atoms with E-state index in [1.54, 1.807) is 30.2 Å². The van der Waals surface area contributed by atoms with Crippen molar-refractivity contribution in [1.29, 1.82) is 0 Å². The zero-order chi connectivity index (χ0) is 18.7. The Morgan fingerprint density at radius 3 is 2.58 bits per heavy atom. The molecule has 2 aliphatic heterocycles. The predicted octanol–water partition coefficient (Wildman–Crippen LogP) is 0.874. The molecule has 0 spiro atoms. The SMILES string of the molecule is COC1CCCN(S(=O)(=O)c2cccc(C(=O)N3CCN(C)CC3)c2)C1. The molecule has 0 bridgehead atoms. The minimum atomic E-state index is -3.63. The van der Waals surface area contributed by atoms with E-state index < -0.39 is 10.0 Å². The highest BCUT2D eigenvalue weighted by molar-refractivity contribution is 7.89. The van der Waals surface area contributed by atoms with Gasteiger partial charge in [-0.1, -0.05) is 6.07 Å². The van der Waals surface area contributed by atoms with Crippen LogP contribution >= 0.6 is 0 Å². The number of methoxy groups -OCH3 is 1. The highest BCUT2D eigenvalue weighted by Crippen LogP contribution is 2.23. The Morgan fingerprint density at radius 2 is 1.88 bits per heavy atom. The number of rotatable bonds is 4. The lowest BCUT2D eigenvalue weighted by molar-refractivity contribution is 0.0571. The Balaban J connectivity index is 1.79. The van der Waals surface area contributed by atoms with Crippen LogP contribution in [0.2, 0.25) is 0 Å². The van der Waals surface area contributed by atoms with E-state index in [0.717, 1.165) is 25.9 Å². The van der Waals surface area contributed by atoms with Gasteiger partial charge in [-0.2, -0.15) is 4.31 Å². The number of likely N-dealkylation sites (N-methyl/N-ethyl adjacent to an activating group) is 1. The van der Waals surface area contributed by atoms with E-state index in [0.29, 0.717) is 31.7 Å². The number of benzene rings is 1. The topological polar surface area (TPSA) is 70.2 Å². The molecular formula is C18H27N3O4S. The summed E-state index contributed by atoms with van der Waals surface area (Å²) in [6.45, 7) is 3.82. The van der Waals surface area contributed by atoms with Crippen LogP contribution in [-0.4, -0.2) is 88.0 Å². The maximum absolute atomic E-state index is 13.0. The Morgan fingerprint density at radius 1 is 1.15 bits per heavy atom. The molecule has 1 atom stereocenters. The molecule has 0 N–H and O–H groups in total. The summed E-state index contributed by atoms with van der Waals surface area (Å²) in [6.07, 6.45) is 1.57. The molecule has 1 amide bonds. The molecule has 0 aliphatic carbocycles. The molecule has 2 saturated heterocycles. The number of hydrogen-bond donors (Lipinski definition) is 0. The van der Waals surface area contributed by atoms with Crippen LogP contribution in [0.15, 0.2) is 29.2 Å². The lowest BCUT2D eigenvalue weighted by Gasteiger charge is -2.33. The van der Waals surface area contributed by atoms with E-state index in [1.807, 2.05) is 7.05 Å². The molecule has 8 heteroatoms. The first-order chi connectivity index (χ1) is 12.4. The van der Waals surface area contributed by atoms with E-state index in [2.05, 4.69) is 4.90 Å². The van der Waals surface area contributed by atoms with Crippen molar-refractivity contribution in [1.82, 2.24) is 14.1 Å². The van der Waals surface area contributed by atoms with E-state index in [-0.39, 0.29) is 16.9 Å². The molecule has 1 aromatic rings. The molecule has 7 nitrogen and oxygen atoms in total. The third kappa shape index (κ3) is 4.09. The fraction of sp³-hybridized carbons (Fsp3) is 0.611. The minimum absolute atomic E-state index is 0.0753. The van der Waals surface area contributed by atoms with Gasteiger partial charge in [-0.05, 0) is 38.1 Å². The summed E-state index contributed by atoms with van der Waals surface area (Å²) in [4.78, 5) is 16.9. The second kappa shape index (κ2) is 8.04. The van der Waals surface area contributed by atoms with Crippen LogP contribution in [0.1, 0.15) is 23.2 Å². The van der Waals surface area contributed by atoms with Crippen molar-refractivity contribution in [3.05, 3.63) is 29.8 Å².